The van der Waals surface area contributed by atoms with Gasteiger partial charge in [-0.1, -0.05) is 77.8 Å². The average Bonchev–Trinajstić information content (AvgIpc) is 2.89. The predicted octanol–water partition coefficient (Wildman–Crippen LogP) is 4.61. The first-order valence-electron chi connectivity index (χ1n) is 7.68. The molecule has 0 aliphatic carbocycles. The third-order valence-corrected chi connectivity index (χ3v) is 6.18. The number of imide groups is 1. The Balaban J connectivity index is 1.79. The van der Waals surface area contributed by atoms with E-state index in [4.69, 9.17) is 0 Å². The zero-order valence-corrected chi connectivity index (χ0v) is 13.7. The van der Waals surface area contributed by atoms with Crippen LogP contribution in [-0.2, 0) is 5.75 Å². The second kappa shape index (κ2) is 6.02. The molecule has 1 heterocycles. The fourth-order valence-corrected chi connectivity index (χ4v) is 4.89. The minimum absolute atomic E-state index is 0.188. The van der Waals surface area contributed by atoms with Gasteiger partial charge in [-0.05, 0) is 17.0 Å². The van der Waals surface area contributed by atoms with Crippen molar-refractivity contribution in [2.24, 2.45) is 0 Å². The van der Waals surface area contributed by atoms with Crippen LogP contribution in [0.5, 0.6) is 0 Å². The van der Waals surface area contributed by atoms with Crippen LogP contribution in [-0.4, -0.2) is 11.3 Å². The van der Waals surface area contributed by atoms with Crippen LogP contribution < -0.4 is 9.62 Å². The largest absolute Gasteiger partial charge is 0.338 e. The number of nitrogens with zero attached hydrogens (tertiary/aromatic N) is 1. The van der Waals surface area contributed by atoms with E-state index in [-0.39, 0.29) is 11.3 Å². The Kier molecular flexibility index (Phi) is 3.70. The molecule has 0 aromatic heterocycles. The van der Waals surface area contributed by atoms with Gasteiger partial charge in [0.2, 0.25) is 0 Å². The molecular formula is C19H16N2O2S. The van der Waals surface area contributed by atoms with Crippen molar-refractivity contribution in [1.29, 1.82) is 0 Å². The lowest BCUT2D eigenvalue weighted by atomic mass is 10.1. The second-order valence-corrected chi connectivity index (χ2v) is 7.51. The van der Waals surface area contributed by atoms with E-state index in [2.05, 4.69) is 5.32 Å². The molecule has 0 spiro atoms. The molecule has 1 saturated heterocycles. The summed E-state index contributed by atoms with van der Waals surface area (Å²) in [5, 5.41) is 4.32. The molecule has 3 amide bonds. The van der Waals surface area contributed by atoms with Crippen molar-refractivity contribution >= 4 is 38.8 Å². The molecule has 1 atom stereocenters. The molecule has 0 saturated carbocycles. The summed E-state index contributed by atoms with van der Waals surface area (Å²) in [6.07, 6.45) is 0. The quantitative estimate of drug-likeness (QED) is 0.687. The van der Waals surface area contributed by atoms with E-state index in [1.165, 1.54) is 0 Å². The summed E-state index contributed by atoms with van der Waals surface area (Å²) in [5.41, 5.74) is 1.84. The highest BCUT2D eigenvalue weighted by molar-refractivity contribution is 8.31. The smallest absolute Gasteiger partial charge is 0.268 e. The minimum Gasteiger partial charge on any atom is -0.268 e. The van der Waals surface area contributed by atoms with Crippen molar-refractivity contribution in [1.82, 2.24) is 5.32 Å². The van der Waals surface area contributed by atoms with Crippen LogP contribution in [0.2, 0.25) is 0 Å². The summed E-state index contributed by atoms with van der Waals surface area (Å²) in [6.45, 7) is 0. The Labute approximate surface area is 142 Å². The molecule has 1 unspecified atom stereocenters. The van der Waals surface area contributed by atoms with Gasteiger partial charge in [-0.2, -0.15) is 0 Å². The predicted molar refractivity (Wildman–Crippen MR) is 99.5 cm³/mol. The molecule has 1 N–H and O–H groups in total. The lowest BCUT2D eigenvalue weighted by Crippen LogP contribution is -2.26. The van der Waals surface area contributed by atoms with Crippen LogP contribution in [0.1, 0.15) is 5.56 Å². The lowest BCUT2D eigenvalue weighted by molar-refractivity contribution is 0.245. The first-order chi connectivity index (χ1) is 11.7. The molecule has 1 fully saturated rings. The number of thiol groups is 1. The van der Waals surface area contributed by atoms with Gasteiger partial charge < -0.3 is 0 Å². The number of rotatable bonds is 3. The highest BCUT2D eigenvalue weighted by Gasteiger charge is 2.37. The van der Waals surface area contributed by atoms with Crippen LogP contribution in [0, 0.1) is 0 Å². The number of fused-ring (bicyclic) bond motifs is 1. The second-order valence-electron chi connectivity index (χ2n) is 5.59. The van der Waals surface area contributed by atoms with Gasteiger partial charge in [-0.3, -0.25) is 10.1 Å². The Morgan fingerprint density at radius 1 is 0.833 bits per heavy atom. The van der Waals surface area contributed by atoms with Crippen molar-refractivity contribution in [2.45, 2.75) is 5.75 Å². The molecule has 4 nitrogen and oxygen atoms in total. The summed E-state index contributed by atoms with van der Waals surface area (Å²) < 4.78 is 1.65. The minimum atomic E-state index is -1.30. The van der Waals surface area contributed by atoms with Crippen molar-refractivity contribution in [3.63, 3.8) is 0 Å². The van der Waals surface area contributed by atoms with Crippen molar-refractivity contribution in [2.75, 3.05) is 4.31 Å². The van der Waals surface area contributed by atoms with Crippen molar-refractivity contribution in [3.05, 3.63) is 78.4 Å². The zero-order valence-electron chi connectivity index (χ0n) is 12.8. The number of hydrogen-bond donors (Lipinski definition) is 2. The summed E-state index contributed by atoms with van der Waals surface area (Å²) in [7, 11) is 0. The van der Waals surface area contributed by atoms with Gasteiger partial charge in [0.05, 0.1) is 5.69 Å². The Morgan fingerprint density at radius 3 is 2.38 bits per heavy atom. The van der Waals surface area contributed by atoms with Crippen LogP contribution in [0.4, 0.5) is 15.3 Å². The van der Waals surface area contributed by atoms with Crippen LogP contribution >= 0.6 is 11.1 Å². The van der Waals surface area contributed by atoms with E-state index in [9.17, 15) is 9.59 Å². The Hall–Kier alpha value is -2.79. The van der Waals surface area contributed by atoms with Gasteiger partial charge in [0, 0.05) is 11.1 Å². The van der Waals surface area contributed by atoms with Gasteiger partial charge in [0.25, 0.3) is 5.24 Å². The van der Waals surface area contributed by atoms with E-state index >= 15 is 0 Å². The zero-order chi connectivity index (χ0) is 16.5. The Morgan fingerprint density at radius 2 is 1.54 bits per heavy atom. The fraction of sp³-hybridized carbons (Fsp3) is 0.0526. The summed E-state index contributed by atoms with van der Waals surface area (Å²) in [6, 6.07) is 23.2. The number of amides is 3. The normalized spacial score (nSPS) is 18.8. The Bertz CT molecular complexity index is 922. The number of carbonyl (C=O) groups excluding carboxylic acids is 2. The molecule has 0 radical (unpaired) electrons. The molecule has 0 bridgehead atoms. The first kappa shape index (κ1) is 14.8. The topological polar surface area (TPSA) is 49.4 Å². The summed E-state index contributed by atoms with van der Waals surface area (Å²) in [5.74, 6) is 0.553. The molecule has 24 heavy (non-hydrogen) atoms. The highest BCUT2D eigenvalue weighted by Crippen LogP contribution is 2.45. The number of urea groups is 1. The highest BCUT2D eigenvalue weighted by atomic mass is 32.2. The molecule has 5 heteroatoms. The molecule has 1 aliphatic rings. The van der Waals surface area contributed by atoms with Crippen LogP contribution in [0.3, 0.4) is 0 Å². The van der Waals surface area contributed by atoms with E-state index in [0.717, 1.165) is 22.0 Å². The van der Waals surface area contributed by atoms with Gasteiger partial charge in [-0.15, -0.1) is 0 Å². The maximum atomic E-state index is 12.4. The average molecular weight is 336 g/mol. The van der Waals surface area contributed by atoms with Crippen LogP contribution in [0.15, 0.2) is 72.8 Å². The SMILES string of the molecule is O=C1NC(=O)[SH](Cc2ccccc2)N1c1cccc2ccccc12. The van der Waals surface area contributed by atoms with Gasteiger partial charge in [0.1, 0.15) is 0 Å². The van der Waals surface area contributed by atoms with E-state index in [1.54, 1.807) is 4.31 Å². The van der Waals surface area contributed by atoms with Gasteiger partial charge in [-0.25, -0.2) is 9.10 Å². The third kappa shape index (κ3) is 2.53. The molecule has 4 rings (SSSR count). The molecule has 3 aromatic carbocycles. The number of hydrogen-bond acceptors (Lipinski definition) is 2. The number of carbonyl (C=O) groups is 2. The fourth-order valence-electron chi connectivity index (χ4n) is 2.94. The van der Waals surface area contributed by atoms with Gasteiger partial charge in [0.15, 0.2) is 0 Å². The molecule has 120 valence electrons. The lowest BCUT2D eigenvalue weighted by Gasteiger charge is -2.26. The monoisotopic (exact) mass is 336 g/mol. The maximum Gasteiger partial charge on any atom is 0.338 e. The summed E-state index contributed by atoms with van der Waals surface area (Å²) in [4.78, 5) is 24.8. The standard InChI is InChI=1S/C19H16N2O2S/c22-18-20-19(23)24(13-14-7-2-1-3-8-14)21(18)17-12-6-10-15-9-4-5-11-16(15)17/h1-12,24H,13H2,(H,20,22,23). The van der Waals surface area contributed by atoms with Crippen molar-refractivity contribution in [3.8, 4) is 0 Å². The van der Waals surface area contributed by atoms with E-state index in [0.29, 0.717) is 5.75 Å². The maximum absolute atomic E-state index is 12.4. The van der Waals surface area contributed by atoms with Crippen LogP contribution in [0.25, 0.3) is 10.8 Å². The molecule has 3 aromatic rings. The molecular weight excluding hydrogens is 320 g/mol. The van der Waals surface area contributed by atoms with E-state index in [1.807, 2.05) is 72.8 Å². The number of anilines is 1. The van der Waals surface area contributed by atoms with Crippen molar-refractivity contribution < 1.29 is 9.59 Å². The first-order valence-corrected chi connectivity index (χ1v) is 9.16. The van der Waals surface area contributed by atoms with E-state index < -0.39 is 11.1 Å². The summed E-state index contributed by atoms with van der Waals surface area (Å²) >= 11 is -1.30. The molecule has 1 aliphatic heterocycles. The number of nitrogens with one attached hydrogen (secondary N) is 1. The number of benzene rings is 3. The third-order valence-electron chi connectivity index (χ3n) is 4.05. The van der Waals surface area contributed by atoms with Gasteiger partial charge >= 0.3 is 6.03 Å².